The molecular weight excluding hydrogens is 238 g/mol. The molecule has 1 saturated carbocycles. The lowest BCUT2D eigenvalue weighted by Crippen LogP contribution is -2.49. The number of nitrogens with zero attached hydrogens (tertiary/aromatic N) is 1. The fraction of sp³-hybridized carbons (Fsp3) is 0.562. The lowest BCUT2D eigenvalue weighted by molar-refractivity contribution is -0.151. The monoisotopic (exact) mass is 259 g/mol. The Kier molecular flexibility index (Phi) is 3.56. The number of carbonyl (C=O) groups is 1. The Balaban J connectivity index is 1.57. The third-order valence-electron chi connectivity index (χ3n) is 4.11. The van der Waals surface area contributed by atoms with Crippen LogP contribution in [0.25, 0.3) is 0 Å². The average Bonchev–Trinajstić information content (AvgIpc) is 3.20. The van der Waals surface area contributed by atoms with Crippen molar-refractivity contribution in [2.24, 2.45) is 5.92 Å². The maximum Gasteiger partial charge on any atom is 0.251 e. The van der Waals surface area contributed by atoms with Gasteiger partial charge in [-0.1, -0.05) is 30.3 Å². The maximum atomic E-state index is 12.3. The van der Waals surface area contributed by atoms with E-state index in [2.05, 4.69) is 12.1 Å². The molecule has 0 bridgehead atoms. The van der Waals surface area contributed by atoms with E-state index < -0.39 is 0 Å². The highest BCUT2D eigenvalue weighted by atomic mass is 16.5. The van der Waals surface area contributed by atoms with Crippen LogP contribution in [0, 0.1) is 5.92 Å². The molecule has 1 aromatic rings. The van der Waals surface area contributed by atoms with Gasteiger partial charge in [0.05, 0.1) is 12.6 Å². The molecule has 1 saturated heterocycles. The Hall–Kier alpha value is -1.35. The van der Waals surface area contributed by atoms with Crippen LogP contribution in [-0.2, 0) is 9.53 Å². The molecule has 3 heteroatoms. The van der Waals surface area contributed by atoms with Gasteiger partial charge in [0.1, 0.15) is 6.10 Å². The van der Waals surface area contributed by atoms with E-state index in [1.54, 1.807) is 0 Å². The molecule has 0 aromatic heterocycles. The van der Waals surface area contributed by atoms with Crippen molar-refractivity contribution in [3.63, 3.8) is 0 Å². The summed E-state index contributed by atoms with van der Waals surface area (Å²) in [7, 11) is 0. The number of likely N-dealkylation sites (tertiary alicyclic amines) is 1. The van der Waals surface area contributed by atoms with Crippen molar-refractivity contribution in [1.82, 2.24) is 4.90 Å². The predicted octanol–water partition coefficient (Wildman–Crippen LogP) is 2.78. The first-order chi connectivity index (χ1) is 9.25. The van der Waals surface area contributed by atoms with Gasteiger partial charge in [-0.25, -0.2) is 0 Å². The Morgan fingerprint density at radius 2 is 2.05 bits per heavy atom. The zero-order chi connectivity index (χ0) is 13.2. The summed E-state index contributed by atoms with van der Waals surface area (Å²) in [5.41, 5.74) is 1.23. The van der Waals surface area contributed by atoms with E-state index in [1.165, 1.54) is 18.4 Å². The van der Waals surface area contributed by atoms with Crippen LogP contribution in [0.4, 0.5) is 0 Å². The van der Waals surface area contributed by atoms with Crippen LogP contribution < -0.4 is 0 Å². The lowest BCUT2D eigenvalue weighted by Gasteiger charge is -2.42. The van der Waals surface area contributed by atoms with E-state index in [1.807, 2.05) is 30.0 Å². The number of hydrogen-bond acceptors (Lipinski definition) is 2. The van der Waals surface area contributed by atoms with Gasteiger partial charge in [-0.2, -0.15) is 0 Å². The van der Waals surface area contributed by atoms with Crippen molar-refractivity contribution in [3.8, 4) is 0 Å². The molecule has 0 unspecified atom stereocenters. The van der Waals surface area contributed by atoms with Crippen LogP contribution >= 0.6 is 0 Å². The van der Waals surface area contributed by atoms with Crippen molar-refractivity contribution >= 4 is 5.91 Å². The van der Waals surface area contributed by atoms with Crippen molar-refractivity contribution in [3.05, 3.63) is 35.9 Å². The highest BCUT2D eigenvalue weighted by molar-refractivity contribution is 5.81. The largest absolute Gasteiger partial charge is 0.368 e. The van der Waals surface area contributed by atoms with Gasteiger partial charge in [-0.15, -0.1) is 0 Å². The number of rotatable bonds is 5. The highest BCUT2D eigenvalue weighted by Gasteiger charge is 2.36. The molecule has 3 nitrogen and oxygen atoms in total. The van der Waals surface area contributed by atoms with Crippen LogP contribution in [0.5, 0.6) is 0 Å². The Labute approximate surface area is 114 Å². The van der Waals surface area contributed by atoms with Crippen molar-refractivity contribution < 1.29 is 9.53 Å². The fourth-order valence-electron chi connectivity index (χ4n) is 2.54. The maximum absolute atomic E-state index is 12.3. The molecule has 2 atom stereocenters. The molecule has 2 fully saturated rings. The van der Waals surface area contributed by atoms with Gasteiger partial charge in [0.2, 0.25) is 0 Å². The molecule has 0 spiro atoms. The minimum Gasteiger partial charge on any atom is -0.368 e. The first kappa shape index (κ1) is 12.7. The van der Waals surface area contributed by atoms with Gasteiger partial charge < -0.3 is 9.64 Å². The van der Waals surface area contributed by atoms with E-state index in [0.717, 1.165) is 19.6 Å². The molecule has 0 N–H and O–H groups in total. The van der Waals surface area contributed by atoms with E-state index >= 15 is 0 Å². The molecular formula is C16H21NO2. The zero-order valence-corrected chi connectivity index (χ0v) is 11.4. The predicted molar refractivity (Wildman–Crippen MR) is 73.7 cm³/mol. The second-order valence-electron chi connectivity index (χ2n) is 5.67. The summed E-state index contributed by atoms with van der Waals surface area (Å²) in [6.07, 6.45) is 3.28. The second kappa shape index (κ2) is 5.33. The molecule has 1 aliphatic heterocycles. The average molecular weight is 259 g/mol. The molecule has 0 radical (unpaired) electrons. The van der Waals surface area contributed by atoms with E-state index in [9.17, 15) is 4.79 Å². The topological polar surface area (TPSA) is 29.5 Å². The third kappa shape index (κ3) is 2.81. The normalized spacial score (nSPS) is 23.8. The zero-order valence-electron chi connectivity index (χ0n) is 11.4. The lowest BCUT2D eigenvalue weighted by atomic mass is 9.94. The minimum absolute atomic E-state index is 0.140. The fourth-order valence-corrected chi connectivity index (χ4v) is 2.54. The van der Waals surface area contributed by atoms with Gasteiger partial charge >= 0.3 is 0 Å². The van der Waals surface area contributed by atoms with E-state index in [-0.39, 0.29) is 18.1 Å². The molecule has 2 aliphatic rings. The Morgan fingerprint density at radius 3 is 2.63 bits per heavy atom. The van der Waals surface area contributed by atoms with Crippen LogP contribution in [0.2, 0.25) is 0 Å². The van der Waals surface area contributed by atoms with Crippen molar-refractivity contribution in [2.45, 2.75) is 38.3 Å². The van der Waals surface area contributed by atoms with Gasteiger partial charge in [0.15, 0.2) is 0 Å². The standard InChI is InChI=1S/C16H21NO2/c1-12(19-11-13-7-8-13)16(18)17-10-9-15(17)14-5-3-2-4-6-14/h2-6,12-13,15H,7-11H2,1H3/t12-,15-/m0/s1. The summed E-state index contributed by atoms with van der Waals surface area (Å²) in [6, 6.07) is 10.5. The second-order valence-corrected chi connectivity index (χ2v) is 5.67. The highest BCUT2D eigenvalue weighted by Crippen LogP contribution is 2.34. The third-order valence-corrected chi connectivity index (χ3v) is 4.11. The first-order valence-corrected chi connectivity index (χ1v) is 7.22. The SMILES string of the molecule is C[C@H](OCC1CC1)C(=O)N1CC[C@H]1c1ccccc1. The number of amides is 1. The summed E-state index contributed by atoms with van der Waals surface area (Å²) in [4.78, 5) is 14.3. The number of carbonyl (C=O) groups excluding carboxylic acids is 1. The molecule has 1 amide bonds. The van der Waals surface area contributed by atoms with E-state index in [0.29, 0.717) is 5.92 Å². The van der Waals surface area contributed by atoms with Crippen LogP contribution in [0.3, 0.4) is 0 Å². The first-order valence-electron chi connectivity index (χ1n) is 7.22. The molecule has 1 aliphatic carbocycles. The van der Waals surface area contributed by atoms with Crippen LogP contribution in [-0.4, -0.2) is 30.1 Å². The van der Waals surface area contributed by atoms with Gasteiger partial charge in [-0.05, 0) is 37.7 Å². The van der Waals surface area contributed by atoms with E-state index in [4.69, 9.17) is 4.74 Å². The van der Waals surface area contributed by atoms with Gasteiger partial charge in [0, 0.05) is 6.54 Å². The number of ether oxygens (including phenoxy) is 1. The summed E-state index contributed by atoms with van der Waals surface area (Å²) < 4.78 is 5.68. The number of hydrogen-bond donors (Lipinski definition) is 0. The van der Waals surface area contributed by atoms with Crippen LogP contribution in [0.15, 0.2) is 30.3 Å². The van der Waals surface area contributed by atoms with Gasteiger partial charge in [-0.3, -0.25) is 4.79 Å². The molecule has 102 valence electrons. The number of benzene rings is 1. The van der Waals surface area contributed by atoms with Crippen LogP contribution in [0.1, 0.15) is 37.8 Å². The summed E-state index contributed by atoms with van der Waals surface area (Å²) in [5, 5.41) is 0. The molecule has 1 heterocycles. The van der Waals surface area contributed by atoms with Crippen molar-refractivity contribution in [2.75, 3.05) is 13.2 Å². The molecule has 1 aromatic carbocycles. The quantitative estimate of drug-likeness (QED) is 0.813. The smallest absolute Gasteiger partial charge is 0.251 e. The summed E-state index contributed by atoms with van der Waals surface area (Å²) in [5.74, 6) is 0.845. The molecule has 3 rings (SSSR count). The minimum atomic E-state index is -0.299. The summed E-state index contributed by atoms with van der Waals surface area (Å²) in [6.45, 7) is 3.48. The molecule has 19 heavy (non-hydrogen) atoms. The van der Waals surface area contributed by atoms with Gasteiger partial charge in [0.25, 0.3) is 5.91 Å². The van der Waals surface area contributed by atoms with Crippen molar-refractivity contribution in [1.29, 1.82) is 0 Å². The Bertz CT molecular complexity index is 441. The summed E-state index contributed by atoms with van der Waals surface area (Å²) >= 11 is 0. The Morgan fingerprint density at radius 1 is 1.32 bits per heavy atom.